The maximum atomic E-state index is 12.5. The molecule has 0 fully saturated rings. The van der Waals surface area contributed by atoms with Gasteiger partial charge in [0, 0.05) is 12.3 Å². The third-order valence-corrected chi connectivity index (χ3v) is 3.54. The number of hydrogen-bond acceptors (Lipinski definition) is 3. The van der Waals surface area contributed by atoms with Gasteiger partial charge >= 0.3 is 5.97 Å². The molecule has 0 aliphatic rings. The van der Waals surface area contributed by atoms with Crippen molar-refractivity contribution in [3.05, 3.63) is 70.6 Å². The summed E-state index contributed by atoms with van der Waals surface area (Å²) >= 11 is 0. The molecule has 0 aliphatic heterocycles. The molecular weight excluding hydrogens is 296 g/mol. The van der Waals surface area contributed by atoms with Gasteiger partial charge in [-0.3, -0.25) is 9.59 Å². The molecule has 2 N–H and O–H groups in total. The Labute approximate surface area is 133 Å². The van der Waals surface area contributed by atoms with Crippen molar-refractivity contribution in [2.45, 2.75) is 25.4 Å². The second kappa shape index (κ2) is 7.40. The molecule has 2 rings (SSSR count). The highest BCUT2D eigenvalue weighted by molar-refractivity contribution is 5.86. The molecule has 23 heavy (non-hydrogen) atoms. The molecule has 1 aromatic carbocycles. The number of pyridine rings is 1. The minimum atomic E-state index is -1.16. The first-order valence-electron chi connectivity index (χ1n) is 7.30. The lowest BCUT2D eigenvalue weighted by atomic mass is 10.1. The van der Waals surface area contributed by atoms with Crippen LogP contribution in [0.3, 0.4) is 0 Å². The van der Waals surface area contributed by atoms with Crippen LogP contribution in [0, 0.1) is 0 Å². The number of carbonyl (C=O) groups is 2. The summed E-state index contributed by atoms with van der Waals surface area (Å²) in [7, 11) is 0. The molecular formula is C17H18N2O4. The molecule has 2 unspecified atom stereocenters. The summed E-state index contributed by atoms with van der Waals surface area (Å²) in [6.45, 7) is 1.77. The van der Waals surface area contributed by atoms with E-state index in [1.54, 1.807) is 49.4 Å². The van der Waals surface area contributed by atoms with Crippen LogP contribution in [-0.2, 0) is 9.59 Å². The summed E-state index contributed by atoms with van der Waals surface area (Å²) in [5.41, 5.74) is 0.171. The van der Waals surface area contributed by atoms with E-state index >= 15 is 0 Å². The highest BCUT2D eigenvalue weighted by atomic mass is 16.4. The summed E-state index contributed by atoms with van der Waals surface area (Å²) in [5.74, 6) is -1.66. The van der Waals surface area contributed by atoms with E-state index in [4.69, 9.17) is 0 Å². The van der Waals surface area contributed by atoms with Gasteiger partial charge in [-0.25, -0.2) is 4.79 Å². The zero-order chi connectivity index (χ0) is 16.8. The number of nitrogens with one attached hydrogen (secondary N) is 1. The number of aromatic nitrogens is 1. The molecule has 0 saturated carbocycles. The highest BCUT2D eigenvalue weighted by Gasteiger charge is 2.26. The normalized spacial score (nSPS) is 13.1. The van der Waals surface area contributed by atoms with E-state index in [1.165, 1.54) is 16.8 Å². The quantitative estimate of drug-likeness (QED) is 0.850. The molecule has 1 amide bonds. The van der Waals surface area contributed by atoms with Gasteiger partial charge in [0.2, 0.25) is 5.91 Å². The second-order valence-electron chi connectivity index (χ2n) is 5.06. The van der Waals surface area contributed by atoms with Gasteiger partial charge in [-0.15, -0.1) is 0 Å². The van der Waals surface area contributed by atoms with Crippen molar-refractivity contribution in [1.82, 2.24) is 9.88 Å². The third-order valence-electron chi connectivity index (χ3n) is 3.54. The van der Waals surface area contributed by atoms with Gasteiger partial charge < -0.3 is 15.0 Å². The van der Waals surface area contributed by atoms with Gasteiger partial charge in [-0.2, -0.15) is 0 Å². The summed E-state index contributed by atoms with van der Waals surface area (Å²) in [6, 6.07) is 11.1. The first kappa shape index (κ1) is 16.5. The van der Waals surface area contributed by atoms with Gasteiger partial charge in [0.1, 0.15) is 6.04 Å². The van der Waals surface area contributed by atoms with Crippen molar-refractivity contribution in [2.24, 2.45) is 0 Å². The maximum absolute atomic E-state index is 12.5. The molecule has 2 atom stereocenters. The summed E-state index contributed by atoms with van der Waals surface area (Å²) in [5, 5.41) is 11.9. The van der Waals surface area contributed by atoms with Gasteiger partial charge in [-0.05, 0) is 18.1 Å². The van der Waals surface area contributed by atoms with Crippen LogP contribution in [0.2, 0.25) is 0 Å². The van der Waals surface area contributed by atoms with Crippen LogP contribution in [0.5, 0.6) is 0 Å². The smallest absolute Gasteiger partial charge is 0.330 e. The predicted octanol–water partition coefficient (Wildman–Crippen LogP) is 1.74. The van der Waals surface area contributed by atoms with Crippen LogP contribution < -0.4 is 10.9 Å². The minimum Gasteiger partial charge on any atom is -0.479 e. The maximum Gasteiger partial charge on any atom is 0.330 e. The average Bonchev–Trinajstić information content (AvgIpc) is 2.55. The van der Waals surface area contributed by atoms with E-state index in [-0.39, 0.29) is 5.56 Å². The topological polar surface area (TPSA) is 88.4 Å². The molecule has 0 spiro atoms. The van der Waals surface area contributed by atoms with E-state index in [2.05, 4.69) is 5.32 Å². The number of carboxylic acid groups (broad SMARTS) is 1. The Morgan fingerprint density at radius 2 is 1.78 bits per heavy atom. The number of nitrogens with zero attached hydrogens (tertiary/aromatic N) is 1. The minimum absolute atomic E-state index is 0.305. The highest BCUT2D eigenvalue weighted by Crippen LogP contribution is 2.16. The Kier molecular flexibility index (Phi) is 5.30. The van der Waals surface area contributed by atoms with Crippen molar-refractivity contribution in [3.63, 3.8) is 0 Å². The fourth-order valence-electron chi connectivity index (χ4n) is 2.38. The van der Waals surface area contributed by atoms with Gasteiger partial charge in [0.25, 0.3) is 5.56 Å². The Balaban J connectivity index is 2.26. The van der Waals surface area contributed by atoms with Crippen molar-refractivity contribution < 1.29 is 14.7 Å². The Hall–Kier alpha value is -2.89. The van der Waals surface area contributed by atoms with Crippen molar-refractivity contribution in [3.8, 4) is 0 Å². The Morgan fingerprint density at radius 1 is 1.13 bits per heavy atom. The lowest BCUT2D eigenvalue weighted by Gasteiger charge is -2.21. The van der Waals surface area contributed by atoms with Crippen LogP contribution in [0.1, 0.15) is 31.0 Å². The monoisotopic (exact) mass is 314 g/mol. The van der Waals surface area contributed by atoms with Crippen LogP contribution in [0.15, 0.2) is 59.5 Å². The van der Waals surface area contributed by atoms with Gasteiger partial charge in [-0.1, -0.05) is 43.3 Å². The van der Waals surface area contributed by atoms with E-state index in [9.17, 15) is 19.5 Å². The molecule has 0 aliphatic carbocycles. The van der Waals surface area contributed by atoms with E-state index in [0.717, 1.165) is 0 Å². The number of hydrogen-bond donors (Lipinski definition) is 2. The van der Waals surface area contributed by atoms with Gasteiger partial charge in [0.05, 0.1) is 0 Å². The standard InChI is InChI=1S/C17H18N2O4/c1-2-13(19-11-7-6-10-14(19)20)16(21)18-15(17(22)23)12-8-4-3-5-9-12/h3-11,13,15H,2H2,1H3,(H,18,21)(H,22,23). The fraction of sp³-hybridized carbons (Fsp3) is 0.235. The third kappa shape index (κ3) is 3.85. The zero-order valence-electron chi connectivity index (χ0n) is 12.7. The van der Waals surface area contributed by atoms with Crippen molar-refractivity contribution in [1.29, 1.82) is 0 Å². The van der Waals surface area contributed by atoms with Crippen molar-refractivity contribution in [2.75, 3.05) is 0 Å². The second-order valence-corrected chi connectivity index (χ2v) is 5.06. The van der Waals surface area contributed by atoms with Crippen LogP contribution in [-0.4, -0.2) is 21.6 Å². The first-order valence-corrected chi connectivity index (χ1v) is 7.30. The SMILES string of the molecule is CCC(C(=O)NC(C(=O)O)c1ccccc1)n1ccccc1=O. The van der Waals surface area contributed by atoms with E-state index in [1.807, 2.05) is 0 Å². The molecule has 0 bridgehead atoms. The zero-order valence-corrected chi connectivity index (χ0v) is 12.7. The predicted molar refractivity (Wildman–Crippen MR) is 85.0 cm³/mol. The van der Waals surface area contributed by atoms with Crippen LogP contribution >= 0.6 is 0 Å². The number of aliphatic carboxylic acids is 1. The largest absolute Gasteiger partial charge is 0.479 e. The first-order chi connectivity index (χ1) is 11.0. The number of amides is 1. The van der Waals surface area contributed by atoms with Gasteiger partial charge in [0.15, 0.2) is 6.04 Å². The van der Waals surface area contributed by atoms with Crippen molar-refractivity contribution >= 4 is 11.9 Å². The lowest BCUT2D eigenvalue weighted by molar-refractivity contribution is -0.142. The summed E-state index contributed by atoms with van der Waals surface area (Å²) in [4.78, 5) is 35.8. The molecule has 6 nitrogen and oxygen atoms in total. The average molecular weight is 314 g/mol. The number of carbonyl (C=O) groups excluding carboxylic acids is 1. The fourth-order valence-corrected chi connectivity index (χ4v) is 2.38. The van der Waals surface area contributed by atoms with E-state index < -0.39 is 24.0 Å². The molecule has 120 valence electrons. The summed E-state index contributed by atoms with van der Waals surface area (Å²) in [6.07, 6.45) is 1.89. The molecule has 1 heterocycles. The molecule has 0 saturated heterocycles. The molecule has 2 aromatic rings. The molecule has 6 heteroatoms. The Bertz CT molecular complexity index is 740. The summed E-state index contributed by atoms with van der Waals surface area (Å²) < 4.78 is 1.30. The van der Waals surface area contributed by atoms with Crippen LogP contribution in [0.25, 0.3) is 0 Å². The molecule has 0 radical (unpaired) electrons. The number of rotatable bonds is 6. The number of benzene rings is 1. The lowest BCUT2D eigenvalue weighted by Crippen LogP contribution is -2.40. The number of carboxylic acids is 1. The molecule has 1 aromatic heterocycles. The van der Waals surface area contributed by atoms with Crippen LogP contribution in [0.4, 0.5) is 0 Å². The Morgan fingerprint density at radius 3 is 2.35 bits per heavy atom. The van der Waals surface area contributed by atoms with E-state index in [0.29, 0.717) is 12.0 Å².